The Kier molecular flexibility index (Phi) is 20.5. The number of alkyl halides is 25. The first-order valence-corrected chi connectivity index (χ1v) is 21.3. The summed E-state index contributed by atoms with van der Waals surface area (Å²) in [6.07, 6.45) is -15.3. The Hall–Kier alpha value is -4.33. The van der Waals surface area contributed by atoms with Crippen LogP contribution in [0.1, 0.15) is 48.8 Å². The van der Waals surface area contributed by atoms with E-state index in [1.54, 1.807) is 0 Å². The maximum atomic E-state index is 14.3. The highest BCUT2D eigenvalue weighted by atomic mass is 19.4. The summed E-state index contributed by atoms with van der Waals surface area (Å²) in [6, 6.07) is 28.3. The molecule has 0 radical (unpaired) electrons. The van der Waals surface area contributed by atoms with E-state index in [0.29, 0.717) is 0 Å². The van der Waals surface area contributed by atoms with Crippen LogP contribution in [0.15, 0.2) is 91.0 Å². The van der Waals surface area contributed by atoms with Gasteiger partial charge in [0, 0.05) is 6.42 Å². The summed E-state index contributed by atoms with van der Waals surface area (Å²) in [6.45, 7) is -1.17. The van der Waals surface area contributed by atoms with Crippen LogP contribution in [-0.2, 0) is 29.6 Å². The van der Waals surface area contributed by atoms with Gasteiger partial charge in [-0.05, 0) is 29.5 Å². The van der Waals surface area contributed by atoms with Crippen LogP contribution < -0.4 is 0 Å². The van der Waals surface area contributed by atoms with Crippen molar-refractivity contribution in [2.24, 2.45) is 0 Å². The van der Waals surface area contributed by atoms with Crippen LogP contribution in [-0.4, -0.2) is 129 Å². The zero-order chi connectivity index (χ0) is 57.4. The fraction of sp³-hybridized carbons (Fsp3) is 0.591. The van der Waals surface area contributed by atoms with Crippen molar-refractivity contribution in [1.29, 1.82) is 0 Å². The van der Waals surface area contributed by atoms with Gasteiger partial charge in [-0.3, -0.25) is 0 Å². The molecule has 75 heavy (non-hydrogen) atoms. The summed E-state index contributed by atoms with van der Waals surface area (Å²) in [5.74, 6) is -98.5. The zero-order valence-electron chi connectivity index (χ0n) is 37.7. The molecule has 0 fully saturated rings. The van der Waals surface area contributed by atoms with E-state index in [9.17, 15) is 115 Å². The molecule has 0 heterocycles. The third-order valence-corrected chi connectivity index (χ3v) is 10.9. The second-order valence-corrected chi connectivity index (χ2v) is 16.2. The van der Waals surface area contributed by atoms with E-state index in [4.69, 9.17) is 14.2 Å². The van der Waals surface area contributed by atoms with Crippen molar-refractivity contribution < 1.29 is 139 Å². The number of halogens is 25. The van der Waals surface area contributed by atoms with Crippen molar-refractivity contribution in [3.8, 4) is 0 Å². The largest absolute Gasteiger partial charge is 0.460 e. The number of aliphatic hydroxyl groups is 1. The van der Waals surface area contributed by atoms with Crippen LogP contribution in [0, 0.1) is 0 Å². The lowest BCUT2D eigenvalue weighted by molar-refractivity contribution is -0.482. The number of unbranched alkanes of at least 4 members (excludes halogenated alkanes) is 3. The highest BCUT2D eigenvalue weighted by molar-refractivity contribution is 5.47. The van der Waals surface area contributed by atoms with E-state index < -0.39 is 122 Å². The first-order chi connectivity index (χ1) is 34.2. The first kappa shape index (κ1) is 65.0. The summed E-state index contributed by atoms with van der Waals surface area (Å²) in [4.78, 5) is 9.33. The van der Waals surface area contributed by atoms with Gasteiger partial charge in [0.25, 0.3) is 0 Å². The molecule has 3 aromatic rings. The maximum absolute atomic E-state index is 14.3. The van der Waals surface area contributed by atoms with Crippen LogP contribution in [0.5, 0.6) is 0 Å². The molecule has 3 aromatic carbocycles. The van der Waals surface area contributed by atoms with Crippen LogP contribution in [0.3, 0.4) is 0 Å². The first-order valence-electron chi connectivity index (χ1n) is 21.3. The van der Waals surface area contributed by atoms with Crippen molar-refractivity contribution in [3.63, 3.8) is 0 Å². The van der Waals surface area contributed by atoms with Crippen molar-refractivity contribution in [1.82, 2.24) is 0 Å². The standard InChI is InChI=1S/C44H41F25O6/c45-32(46,34(47,48)35(49,50)36(51,52)37(53,54)38(55,56)39(57,58)40(59,60)41(61,62)42(63,64)43(65,66)44(67,68)69)20-12-1-2-13-21-74-75-27-31(70)26-72-23-22-71-24-25-73-33(28-14-6-3-7-15-28,29-16-8-4-9-17-29)30-18-10-5-11-19-30/h3-11,14-19,31,70H,1-2,12-13,20-27H2. The molecule has 0 aliphatic heterocycles. The van der Waals surface area contributed by atoms with E-state index >= 15 is 0 Å². The molecule has 0 saturated carbocycles. The van der Waals surface area contributed by atoms with E-state index in [-0.39, 0.29) is 39.5 Å². The molecule has 0 amide bonds. The predicted molar refractivity (Wildman–Crippen MR) is 208 cm³/mol. The highest BCUT2D eigenvalue weighted by Gasteiger charge is 2.99. The topological polar surface area (TPSA) is 66.4 Å². The average molecular weight is 1140 g/mol. The monoisotopic (exact) mass is 1140 g/mol. The molecule has 0 aliphatic rings. The zero-order valence-corrected chi connectivity index (χ0v) is 37.7. The highest BCUT2D eigenvalue weighted by Crippen LogP contribution is 2.68. The average Bonchev–Trinajstić information content (AvgIpc) is 3.32. The van der Waals surface area contributed by atoms with Crippen molar-refractivity contribution in [3.05, 3.63) is 108 Å². The third kappa shape index (κ3) is 12.2. The summed E-state index contributed by atoms with van der Waals surface area (Å²) in [5.41, 5.74) is 1.54. The molecular weight excluding hydrogens is 1100 g/mol. The minimum Gasteiger partial charge on any atom is -0.388 e. The molecule has 1 unspecified atom stereocenters. The number of hydrogen-bond donors (Lipinski definition) is 1. The second kappa shape index (κ2) is 23.7. The fourth-order valence-electron chi connectivity index (χ4n) is 6.70. The minimum absolute atomic E-state index is 0.0325. The summed E-state index contributed by atoms with van der Waals surface area (Å²) < 4.78 is 360. The quantitative estimate of drug-likeness (QED) is 0.0221. The molecule has 0 saturated heterocycles. The lowest BCUT2D eigenvalue weighted by Crippen LogP contribution is -2.78. The molecule has 0 bridgehead atoms. The number of ether oxygens (including phenoxy) is 3. The van der Waals surface area contributed by atoms with Gasteiger partial charge in [-0.25, -0.2) is 9.78 Å². The summed E-state index contributed by atoms with van der Waals surface area (Å²) in [7, 11) is 0. The van der Waals surface area contributed by atoms with Crippen LogP contribution >= 0.6 is 0 Å². The van der Waals surface area contributed by atoms with E-state index in [2.05, 4.69) is 9.78 Å². The SMILES string of the molecule is OC(COCCOCCOC(c1ccccc1)(c1ccccc1)c1ccccc1)COOCCCCCCC(F)(F)C(F)(F)C(F)(F)C(F)(F)C(F)(F)C(F)(F)C(F)(F)C(F)(F)C(F)(F)C(F)(F)C(F)(F)C(F)(F)F. The smallest absolute Gasteiger partial charge is 0.388 e. The van der Waals surface area contributed by atoms with Crippen molar-refractivity contribution in [2.75, 3.05) is 46.2 Å². The summed E-state index contributed by atoms with van der Waals surface area (Å²) in [5, 5.41) is 10.0. The Balaban J connectivity index is 1.45. The van der Waals surface area contributed by atoms with Gasteiger partial charge in [0.1, 0.15) is 18.3 Å². The Morgan fingerprint density at radius 3 is 1.05 bits per heavy atom. The van der Waals surface area contributed by atoms with E-state index in [1.165, 1.54) is 0 Å². The molecule has 1 N–H and O–H groups in total. The van der Waals surface area contributed by atoms with Gasteiger partial charge in [-0.1, -0.05) is 104 Å². The normalized spacial score (nSPS) is 15.1. The van der Waals surface area contributed by atoms with Gasteiger partial charge in [0.05, 0.1) is 39.6 Å². The van der Waals surface area contributed by atoms with Crippen LogP contribution in [0.25, 0.3) is 0 Å². The molecule has 0 aromatic heterocycles. The molecule has 1 atom stereocenters. The van der Waals surface area contributed by atoms with Crippen molar-refractivity contribution in [2.45, 2.75) is 115 Å². The lowest BCUT2D eigenvalue weighted by Gasteiger charge is -2.45. The van der Waals surface area contributed by atoms with Crippen molar-refractivity contribution >= 4 is 0 Å². The maximum Gasteiger partial charge on any atom is 0.460 e. The van der Waals surface area contributed by atoms with Gasteiger partial charge in [-0.2, -0.15) is 110 Å². The molecule has 0 spiro atoms. The van der Waals surface area contributed by atoms with E-state index in [0.717, 1.165) is 16.7 Å². The minimum atomic E-state index is -9.63. The summed E-state index contributed by atoms with van der Waals surface area (Å²) >= 11 is 0. The van der Waals surface area contributed by atoms with E-state index in [1.807, 2.05) is 91.0 Å². The predicted octanol–water partition coefficient (Wildman–Crippen LogP) is 13.8. The fourth-order valence-corrected chi connectivity index (χ4v) is 6.70. The van der Waals surface area contributed by atoms with Crippen LogP contribution in [0.4, 0.5) is 110 Å². The lowest BCUT2D eigenvalue weighted by atomic mass is 9.80. The number of benzene rings is 3. The number of rotatable bonds is 32. The Morgan fingerprint density at radius 1 is 0.333 bits per heavy atom. The number of aliphatic hydroxyl groups excluding tert-OH is 1. The van der Waals surface area contributed by atoms with Gasteiger partial charge < -0.3 is 19.3 Å². The number of hydrogen-bond acceptors (Lipinski definition) is 6. The second-order valence-electron chi connectivity index (χ2n) is 16.2. The van der Waals surface area contributed by atoms with Gasteiger partial charge in [0.15, 0.2) is 0 Å². The van der Waals surface area contributed by atoms with Crippen LogP contribution in [0.2, 0.25) is 0 Å². The Labute approximate surface area is 407 Å². The molecular formula is C44H41F25O6. The van der Waals surface area contributed by atoms with Gasteiger partial charge in [-0.15, -0.1) is 0 Å². The van der Waals surface area contributed by atoms with Gasteiger partial charge in [0.2, 0.25) is 0 Å². The van der Waals surface area contributed by atoms with Gasteiger partial charge >= 0.3 is 71.3 Å². The molecule has 3 rings (SSSR count). The third-order valence-electron chi connectivity index (χ3n) is 10.9. The molecule has 0 aliphatic carbocycles. The molecule has 6 nitrogen and oxygen atoms in total. The Morgan fingerprint density at radius 2 is 0.667 bits per heavy atom. The molecule has 428 valence electrons. The molecule has 31 heteroatoms. The Bertz CT molecular complexity index is 2100.